The van der Waals surface area contributed by atoms with Crippen molar-refractivity contribution < 1.29 is 9.53 Å². The fourth-order valence-corrected chi connectivity index (χ4v) is 3.87. The van der Waals surface area contributed by atoms with Crippen LogP contribution in [-0.2, 0) is 4.79 Å². The second-order valence-corrected chi connectivity index (χ2v) is 7.76. The van der Waals surface area contributed by atoms with Gasteiger partial charge >= 0.3 is 0 Å². The van der Waals surface area contributed by atoms with Gasteiger partial charge in [-0.05, 0) is 42.8 Å². The number of rotatable bonds is 5. The number of carbonyl (C=O) groups excluding carboxylic acids is 1. The summed E-state index contributed by atoms with van der Waals surface area (Å²) in [4.78, 5) is 30.6. The van der Waals surface area contributed by atoms with Gasteiger partial charge in [-0.25, -0.2) is 15.0 Å². The van der Waals surface area contributed by atoms with Crippen molar-refractivity contribution in [2.45, 2.75) is 18.0 Å². The number of nitrogens with one attached hydrogen (secondary N) is 1. The third-order valence-corrected chi connectivity index (χ3v) is 5.58. The largest absolute Gasteiger partial charge is 0.497 e. The van der Waals surface area contributed by atoms with Crippen molar-refractivity contribution >= 4 is 40.6 Å². The molecule has 0 radical (unpaired) electrons. The van der Waals surface area contributed by atoms with Crippen LogP contribution in [0.5, 0.6) is 5.75 Å². The molecule has 1 atom stereocenters. The van der Waals surface area contributed by atoms with Crippen LogP contribution >= 0.6 is 11.8 Å². The van der Waals surface area contributed by atoms with Crippen LogP contribution in [-0.4, -0.2) is 40.3 Å². The number of nitrogens with zero attached hydrogens (tertiary/aromatic N) is 4. The maximum absolute atomic E-state index is 12.8. The highest BCUT2D eigenvalue weighted by Gasteiger charge is 2.26. The van der Waals surface area contributed by atoms with Crippen molar-refractivity contribution in [3.8, 4) is 5.75 Å². The molecule has 0 aliphatic carbocycles. The van der Waals surface area contributed by atoms with Gasteiger partial charge in [0, 0.05) is 18.1 Å². The van der Waals surface area contributed by atoms with E-state index in [0.717, 1.165) is 22.7 Å². The Bertz CT molecular complexity index is 1130. The number of hydrogen-bond donors (Lipinski definition) is 1. The zero-order valence-corrected chi connectivity index (χ0v) is 18.0. The molecule has 0 saturated carbocycles. The monoisotopic (exact) mass is 431 g/mol. The summed E-state index contributed by atoms with van der Waals surface area (Å²) in [6.07, 6.45) is 3.30. The molecular weight excluding hydrogens is 410 g/mol. The molecule has 0 spiro atoms. The van der Waals surface area contributed by atoms with Gasteiger partial charge < -0.3 is 10.1 Å². The Hall–Kier alpha value is -3.52. The van der Waals surface area contributed by atoms with E-state index in [-0.39, 0.29) is 17.6 Å². The van der Waals surface area contributed by atoms with Crippen LogP contribution in [0.15, 0.2) is 82.1 Å². The summed E-state index contributed by atoms with van der Waals surface area (Å²) in [7, 11) is 1.63. The topological polar surface area (TPSA) is 88.8 Å². The predicted octanol–water partition coefficient (Wildman–Crippen LogP) is 4.31. The highest BCUT2D eigenvalue weighted by atomic mass is 32.2. The average molecular weight is 432 g/mol. The molecule has 4 rings (SSSR count). The number of amidine groups is 1. The molecule has 156 valence electrons. The zero-order valence-electron chi connectivity index (χ0n) is 17.1. The minimum absolute atomic E-state index is 0.177. The van der Waals surface area contributed by atoms with Crippen molar-refractivity contribution in [2.75, 3.05) is 12.9 Å². The molecular formula is C23H21N5O2S. The fourth-order valence-electron chi connectivity index (χ4n) is 3.26. The molecule has 3 aromatic rings. The third kappa shape index (κ3) is 4.97. The minimum Gasteiger partial charge on any atom is -0.497 e. The molecule has 1 amide bonds. The number of methoxy groups -OCH3 is 1. The lowest BCUT2D eigenvalue weighted by Crippen LogP contribution is -2.38. The number of benzene rings is 2. The summed E-state index contributed by atoms with van der Waals surface area (Å²) in [5.74, 6) is 1.01. The van der Waals surface area contributed by atoms with E-state index in [0.29, 0.717) is 16.7 Å². The van der Waals surface area contributed by atoms with Crippen LogP contribution in [0.25, 0.3) is 0 Å². The van der Waals surface area contributed by atoms with Crippen LogP contribution < -0.4 is 10.1 Å². The van der Waals surface area contributed by atoms with E-state index in [1.54, 1.807) is 25.6 Å². The molecule has 0 saturated heterocycles. The van der Waals surface area contributed by atoms with E-state index in [9.17, 15) is 4.79 Å². The standard InChI is InChI=1S/C23H21N5O2S/c1-15-21(16-8-10-17(30-2)11-9-16)22(27-19-7-4-3-6-18(19)26-15)28-20(29)14-31-23-24-12-5-13-25-23/h3-13,21H,14H2,1-2H3,(H,27,28,29). The predicted molar refractivity (Wildman–Crippen MR) is 123 cm³/mol. The van der Waals surface area contributed by atoms with Crippen LogP contribution in [0.2, 0.25) is 0 Å². The Balaban J connectivity index is 1.64. The molecule has 31 heavy (non-hydrogen) atoms. The van der Waals surface area contributed by atoms with Crippen LogP contribution in [0.1, 0.15) is 18.4 Å². The number of hydrogen-bond acceptors (Lipinski definition) is 7. The number of thioether (sulfide) groups is 1. The Morgan fingerprint density at radius 3 is 2.35 bits per heavy atom. The number of amides is 1. The highest BCUT2D eigenvalue weighted by molar-refractivity contribution is 7.99. The number of aliphatic imine (C=N–C) groups is 2. The molecule has 1 aromatic heterocycles. The quantitative estimate of drug-likeness (QED) is 0.480. The average Bonchev–Trinajstić information content (AvgIpc) is 2.93. The van der Waals surface area contributed by atoms with Gasteiger partial charge in [-0.15, -0.1) is 0 Å². The zero-order chi connectivity index (χ0) is 21.6. The van der Waals surface area contributed by atoms with Crippen molar-refractivity contribution in [1.29, 1.82) is 0 Å². The van der Waals surface area contributed by atoms with E-state index in [1.807, 2.05) is 55.5 Å². The van der Waals surface area contributed by atoms with Crippen LogP contribution in [0.3, 0.4) is 0 Å². The van der Waals surface area contributed by atoms with Gasteiger partial charge in [-0.3, -0.25) is 9.79 Å². The van der Waals surface area contributed by atoms with Crippen molar-refractivity contribution in [3.63, 3.8) is 0 Å². The van der Waals surface area contributed by atoms with Gasteiger partial charge in [0.25, 0.3) is 0 Å². The maximum Gasteiger partial charge on any atom is 0.235 e. The van der Waals surface area contributed by atoms with E-state index in [4.69, 9.17) is 14.7 Å². The van der Waals surface area contributed by atoms with E-state index >= 15 is 0 Å². The first kappa shape index (κ1) is 20.7. The Labute approximate surface area is 184 Å². The van der Waals surface area contributed by atoms with Gasteiger partial charge in [0.05, 0.1) is 30.2 Å². The first-order valence-electron chi connectivity index (χ1n) is 9.70. The van der Waals surface area contributed by atoms with Crippen molar-refractivity contribution in [1.82, 2.24) is 15.3 Å². The second kappa shape index (κ2) is 9.53. The summed E-state index contributed by atoms with van der Waals surface area (Å²) in [6, 6.07) is 17.1. The maximum atomic E-state index is 12.8. The summed E-state index contributed by atoms with van der Waals surface area (Å²) in [5, 5.41) is 3.55. The van der Waals surface area contributed by atoms with Gasteiger partial charge in [0.2, 0.25) is 5.91 Å². The molecule has 1 aliphatic heterocycles. The summed E-state index contributed by atoms with van der Waals surface area (Å²) in [6.45, 7) is 1.95. The second-order valence-electron chi connectivity index (χ2n) is 6.81. The molecule has 1 unspecified atom stereocenters. The molecule has 8 heteroatoms. The van der Waals surface area contributed by atoms with Crippen LogP contribution in [0.4, 0.5) is 11.4 Å². The molecule has 7 nitrogen and oxygen atoms in total. The van der Waals surface area contributed by atoms with Crippen LogP contribution in [0, 0.1) is 0 Å². The van der Waals surface area contributed by atoms with Gasteiger partial charge in [0.15, 0.2) is 5.16 Å². The number of carbonyl (C=O) groups is 1. The fraction of sp³-hybridized carbons (Fsp3) is 0.174. The summed E-state index contributed by atoms with van der Waals surface area (Å²) >= 11 is 1.27. The molecule has 2 heterocycles. The molecule has 1 N–H and O–H groups in total. The minimum atomic E-state index is -0.291. The highest BCUT2D eigenvalue weighted by Crippen LogP contribution is 2.34. The normalized spacial score (nSPS) is 15.2. The SMILES string of the molecule is COc1ccc(C2C(C)=Nc3ccccc3N=C2NC(=O)CSc2ncccn2)cc1. The number of para-hydroxylation sites is 2. The summed E-state index contributed by atoms with van der Waals surface area (Å²) in [5.41, 5.74) is 3.29. The lowest BCUT2D eigenvalue weighted by Gasteiger charge is -2.19. The molecule has 2 aromatic carbocycles. The summed E-state index contributed by atoms with van der Waals surface area (Å²) < 4.78 is 5.28. The first-order chi connectivity index (χ1) is 15.1. The molecule has 1 aliphatic rings. The third-order valence-electron chi connectivity index (χ3n) is 4.70. The lowest BCUT2D eigenvalue weighted by atomic mass is 9.93. The Morgan fingerprint density at radius 1 is 1.00 bits per heavy atom. The van der Waals surface area contributed by atoms with Gasteiger partial charge in [-0.2, -0.15) is 0 Å². The van der Waals surface area contributed by atoms with E-state index < -0.39 is 0 Å². The number of aromatic nitrogens is 2. The molecule has 0 fully saturated rings. The van der Waals surface area contributed by atoms with Gasteiger partial charge in [0.1, 0.15) is 11.6 Å². The van der Waals surface area contributed by atoms with Crippen molar-refractivity contribution in [2.24, 2.45) is 9.98 Å². The lowest BCUT2D eigenvalue weighted by molar-refractivity contribution is -0.117. The first-order valence-corrected chi connectivity index (χ1v) is 10.7. The van der Waals surface area contributed by atoms with E-state index in [2.05, 4.69) is 15.3 Å². The van der Waals surface area contributed by atoms with Crippen molar-refractivity contribution in [3.05, 3.63) is 72.6 Å². The Morgan fingerprint density at radius 2 is 1.68 bits per heavy atom. The van der Waals surface area contributed by atoms with Gasteiger partial charge in [-0.1, -0.05) is 36.0 Å². The molecule has 0 bridgehead atoms. The Kier molecular flexibility index (Phi) is 6.37. The smallest absolute Gasteiger partial charge is 0.235 e. The van der Waals surface area contributed by atoms with E-state index in [1.165, 1.54) is 11.8 Å². The number of ether oxygens (including phenoxy) is 1. The number of fused-ring (bicyclic) bond motifs is 1.